The molecule has 0 aliphatic carbocycles. The van der Waals surface area contributed by atoms with Crippen LogP contribution in [0.2, 0.25) is 0 Å². The van der Waals surface area contributed by atoms with Gasteiger partial charge in [-0.2, -0.15) is 0 Å². The minimum absolute atomic E-state index is 0.311. The summed E-state index contributed by atoms with van der Waals surface area (Å²) >= 11 is 0. The Morgan fingerprint density at radius 1 is 1.54 bits per heavy atom. The monoisotopic (exact) mass is 181 g/mol. The molecule has 0 N–H and O–H groups in total. The molecule has 0 unspecified atom stereocenters. The van der Waals surface area contributed by atoms with Crippen molar-refractivity contribution < 1.29 is 14.3 Å². The molecule has 0 amide bonds. The highest BCUT2D eigenvalue weighted by Crippen LogP contribution is 2.07. The van der Waals surface area contributed by atoms with Crippen molar-refractivity contribution in [3.63, 3.8) is 0 Å². The van der Waals surface area contributed by atoms with Crippen LogP contribution in [-0.4, -0.2) is 25.2 Å². The summed E-state index contributed by atoms with van der Waals surface area (Å²) in [6, 6.07) is 3.35. The van der Waals surface area contributed by atoms with Crippen molar-refractivity contribution in [1.82, 2.24) is 4.98 Å². The van der Waals surface area contributed by atoms with Crippen LogP contribution in [0, 0.1) is 0 Å². The zero-order chi connectivity index (χ0) is 9.68. The molecule has 0 aromatic carbocycles. The van der Waals surface area contributed by atoms with Crippen LogP contribution in [0.25, 0.3) is 0 Å². The summed E-state index contributed by atoms with van der Waals surface area (Å²) in [5.74, 6) is -0.389. The molecule has 0 radical (unpaired) electrons. The average molecular weight is 181 g/mol. The van der Waals surface area contributed by atoms with Gasteiger partial charge in [0.25, 0.3) is 0 Å². The van der Waals surface area contributed by atoms with E-state index in [1.165, 1.54) is 7.11 Å². The minimum Gasteiger partial charge on any atom is -0.465 e. The van der Waals surface area contributed by atoms with Gasteiger partial charge in [-0.15, -0.1) is 0 Å². The molecule has 0 saturated carbocycles. The fraction of sp³-hybridized carbons (Fsp3) is 0.333. The Morgan fingerprint density at radius 3 is 2.92 bits per heavy atom. The number of pyridine rings is 1. The van der Waals surface area contributed by atoms with Gasteiger partial charge < -0.3 is 9.47 Å². The van der Waals surface area contributed by atoms with E-state index in [1.807, 2.05) is 0 Å². The number of rotatable bonds is 3. The lowest BCUT2D eigenvalue weighted by Gasteiger charge is -2.04. The number of hydrogen-bond acceptors (Lipinski definition) is 4. The lowest BCUT2D eigenvalue weighted by Crippen LogP contribution is -2.07. The molecule has 1 rings (SSSR count). The van der Waals surface area contributed by atoms with E-state index in [-0.39, 0.29) is 5.97 Å². The Balaban J connectivity index is 2.97. The number of hydrogen-bond donors (Lipinski definition) is 0. The molecule has 0 aliphatic rings. The number of esters is 1. The number of nitrogens with zero attached hydrogens (tertiary/aromatic N) is 1. The first kappa shape index (κ1) is 9.67. The van der Waals surface area contributed by atoms with Gasteiger partial charge in [0.15, 0.2) is 0 Å². The Hall–Kier alpha value is -1.42. The fourth-order valence-corrected chi connectivity index (χ4v) is 0.986. The minimum atomic E-state index is -0.389. The summed E-state index contributed by atoms with van der Waals surface area (Å²) in [5, 5.41) is 0. The van der Waals surface area contributed by atoms with E-state index in [9.17, 15) is 4.79 Å². The highest BCUT2D eigenvalue weighted by atomic mass is 16.5. The van der Waals surface area contributed by atoms with Crippen molar-refractivity contribution in [2.45, 2.75) is 6.61 Å². The number of carbonyl (C=O) groups excluding carboxylic acids is 1. The molecule has 0 spiro atoms. The van der Waals surface area contributed by atoms with E-state index in [2.05, 4.69) is 9.72 Å². The van der Waals surface area contributed by atoms with Crippen molar-refractivity contribution in [1.29, 1.82) is 0 Å². The van der Waals surface area contributed by atoms with Gasteiger partial charge in [0.2, 0.25) is 0 Å². The molecule has 4 nitrogen and oxygen atoms in total. The maximum atomic E-state index is 11.2. The number of ether oxygens (including phenoxy) is 2. The Kier molecular flexibility index (Phi) is 3.40. The largest absolute Gasteiger partial charge is 0.465 e. The molecule has 4 heteroatoms. The van der Waals surface area contributed by atoms with Gasteiger partial charge in [0, 0.05) is 13.3 Å². The standard InChI is InChI=1S/C9H11NO3/c1-12-6-8-7(9(11)13-2)4-3-5-10-8/h3-5H,6H2,1-2H3. The maximum Gasteiger partial charge on any atom is 0.339 e. The number of methoxy groups -OCH3 is 2. The van der Waals surface area contributed by atoms with Crippen LogP contribution in [-0.2, 0) is 16.1 Å². The Morgan fingerprint density at radius 2 is 2.31 bits per heavy atom. The van der Waals surface area contributed by atoms with Crippen molar-refractivity contribution in [2.24, 2.45) is 0 Å². The topological polar surface area (TPSA) is 48.4 Å². The molecule has 0 aliphatic heterocycles. The zero-order valence-corrected chi connectivity index (χ0v) is 7.61. The normalized spacial score (nSPS) is 9.69. The van der Waals surface area contributed by atoms with E-state index < -0.39 is 0 Å². The van der Waals surface area contributed by atoms with Crippen molar-refractivity contribution in [2.75, 3.05) is 14.2 Å². The van der Waals surface area contributed by atoms with E-state index >= 15 is 0 Å². The first-order chi connectivity index (χ1) is 6.29. The maximum absolute atomic E-state index is 11.2. The molecule has 70 valence electrons. The lowest BCUT2D eigenvalue weighted by atomic mass is 10.2. The van der Waals surface area contributed by atoms with Gasteiger partial charge in [0.1, 0.15) is 0 Å². The smallest absolute Gasteiger partial charge is 0.339 e. The van der Waals surface area contributed by atoms with Crippen molar-refractivity contribution in [3.05, 3.63) is 29.6 Å². The quantitative estimate of drug-likeness (QED) is 0.653. The summed E-state index contributed by atoms with van der Waals surface area (Å²) in [6.45, 7) is 0.311. The summed E-state index contributed by atoms with van der Waals surface area (Å²) in [6.07, 6.45) is 1.61. The van der Waals surface area contributed by atoms with E-state index in [0.29, 0.717) is 17.9 Å². The molecule has 0 fully saturated rings. The second-order valence-electron chi connectivity index (χ2n) is 2.42. The van der Waals surface area contributed by atoms with Crippen LogP contribution in [0.15, 0.2) is 18.3 Å². The molecule has 1 heterocycles. The number of carbonyl (C=O) groups is 1. The Bertz CT molecular complexity index is 299. The van der Waals surface area contributed by atoms with Gasteiger partial charge >= 0.3 is 5.97 Å². The molecule has 0 atom stereocenters. The predicted molar refractivity (Wildman–Crippen MR) is 46.3 cm³/mol. The molecule has 0 saturated heterocycles. The SMILES string of the molecule is COCc1ncccc1C(=O)OC. The van der Waals surface area contributed by atoms with Gasteiger partial charge in [-0.1, -0.05) is 0 Å². The highest BCUT2D eigenvalue weighted by molar-refractivity contribution is 5.90. The summed E-state index contributed by atoms with van der Waals surface area (Å²) < 4.78 is 9.48. The molecule has 1 aromatic heterocycles. The summed E-state index contributed by atoms with van der Waals surface area (Å²) in [5.41, 5.74) is 1.05. The van der Waals surface area contributed by atoms with Crippen LogP contribution in [0.1, 0.15) is 16.1 Å². The van der Waals surface area contributed by atoms with Crippen LogP contribution in [0.4, 0.5) is 0 Å². The molecular formula is C9H11NO3. The van der Waals surface area contributed by atoms with E-state index in [4.69, 9.17) is 4.74 Å². The van der Waals surface area contributed by atoms with Crippen LogP contribution < -0.4 is 0 Å². The van der Waals surface area contributed by atoms with Gasteiger partial charge in [-0.3, -0.25) is 4.98 Å². The fourth-order valence-electron chi connectivity index (χ4n) is 0.986. The summed E-state index contributed by atoms with van der Waals surface area (Å²) in [4.78, 5) is 15.2. The molecule has 0 bridgehead atoms. The average Bonchev–Trinajstić information content (AvgIpc) is 2.18. The first-order valence-electron chi connectivity index (χ1n) is 3.80. The Labute approximate surface area is 76.5 Å². The van der Waals surface area contributed by atoms with Crippen LogP contribution in [0.5, 0.6) is 0 Å². The van der Waals surface area contributed by atoms with E-state index in [0.717, 1.165) is 0 Å². The van der Waals surface area contributed by atoms with Crippen molar-refractivity contribution >= 4 is 5.97 Å². The molecular weight excluding hydrogens is 170 g/mol. The number of aromatic nitrogens is 1. The lowest BCUT2D eigenvalue weighted by molar-refractivity contribution is 0.0594. The van der Waals surface area contributed by atoms with Crippen LogP contribution >= 0.6 is 0 Å². The highest BCUT2D eigenvalue weighted by Gasteiger charge is 2.11. The van der Waals surface area contributed by atoms with Crippen molar-refractivity contribution in [3.8, 4) is 0 Å². The first-order valence-corrected chi connectivity index (χ1v) is 3.80. The third-order valence-electron chi connectivity index (χ3n) is 1.58. The van der Waals surface area contributed by atoms with Gasteiger partial charge in [0.05, 0.1) is 25.0 Å². The molecule has 13 heavy (non-hydrogen) atoms. The third-order valence-corrected chi connectivity index (χ3v) is 1.58. The van der Waals surface area contributed by atoms with Crippen LogP contribution in [0.3, 0.4) is 0 Å². The van der Waals surface area contributed by atoms with Gasteiger partial charge in [-0.05, 0) is 12.1 Å². The molecule has 1 aromatic rings. The van der Waals surface area contributed by atoms with E-state index in [1.54, 1.807) is 25.4 Å². The second kappa shape index (κ2) is 4.57. The third kappa shape index (κ3) is 2.26. The second-order valence-corrected chi connectivity index (χ2v) is 2.42. The zero-order valence-electron chi connectivity index (χ0n) is 7.61. The predicted octanol–water partition coefficient (Wildman–Crippen LogP) is 1.01. The summed E-state index contributed by atoms with van der Waals surface area (Å²) in [7, 11) is 2.89. The van der Waals surface area contributed by atoms with Gasteiger partial charge in [-0.25, -0.2) is 4.79 Å².